The Balaban J connectivity index is 2.05. The Labute approximate surface area is 115 Å². The van der Waals surface area contributed by atoms with Crippen molar-refractivity contribution in [3.05, 3.63) is 28.8 Å². The van der Waals surface area contributed by atoms with E-state index in [1.165, 1.54) is 5.56 Å². The molecule has 1 heterocycles. The van der Waals surface area contributed by atoms with Crippen LogP contribution in [0.1, 0.15) is 38.7 Å². The van der Waals surface area contributed by atoms with Crippen molar-refractivity contribution >= 4 is 17.3 Å². The Kier molecular flexibility index (Phi) is 4.18. The van der Waals surface area contributed by atoms with Gasteiger partial charge in [0.2, 0.25) is 0 Å². The summed E-state index contributed by atoms with van der Waals surface area (Å²) in [7, 11) is 0. The van der Waals surface area contributed by atoms with E-state index in [2.05, 4.69) is 38.2 Å². The summed E-state index contributed by atoms with van der Waals surface area (Å²) in [5, 5.41) is 4.36. The summed E-state index contributed by atoms with van der Waals surface area (Å²) in [4.78, 5) is 0. The third kappa shape index (κ3) is 3.18. The summed E-state index contributed by atoms with van der Waals surface area (Å²) in [6, 6.07) is 6.61. The second-order valence-corrected chi connectivity index (χ2v) is 5.88. The Morgan fingerprint density at radius 2 is 2.28 bits per heavy atom. The molecule has 1 saturated heterocycles. The molecule has 2 rings (SSSR count). The van der Waals surface area contributed by atoms with E-state index in [-0.39, 0.29) is 5.60 Å². The zero-order valence-electron chi connectivity index (χ0n) is 11.4. The van der Waals surface area contributed by atoms with Crippen LogP contribution in [0.25, 0.3) is 0 Å². The van der Waals surface area contributed by atoms with Crippen LogP contribution < -0.4 is 5.32 Å². The maximum absolute atomic E-state index is 6.26. The van der Waals surface area contributed by atoms with Crippen LogP contribution in [0.15, 0.2) is 18.2 Å². The summed E-state index contributed by atoms with van der Waals surface area (Å²) >= 11 is 6.26. The van der Waals surface area contributed by atoms with Gasteiger partial charge in [0, 0.05) is 12.6 Å². The topological polar surface area (TPSA) is 21.3 Å². The minimum atomic E-state index is 0.00703. The fourth-order valence-electron chi connectivity index (χ4n) is 2.46. The van der Waals surface area contributed by atoms with E-state index >= 15 is 0 Å². The number of ether oxygens (including phenoxy) is 1. The van der Waals surface area contributed by atoms with Gasteiger partial charge in [-0.3, -0.25) is 0 Å². The fourth-order valence-corrected chi connectivity index (χ4v) is 2.75. The second kappa shape index (κ2) is 5.50. The molecular weight excluding hydrogens is 246 g/mol. The number of nitrogens with one attached hydrogen (secondary N) is 1. The van der Waals surface area contributed by atoms with E-state index in [1.54, 1.807) is 0 Å². The average molecular weight is 268 g/mol. The molecule has 18 heavy (non-hydrogen) atoms. The van der Waals surface area contributed by atoms with Crippen LogP contribution in [0.2, 0.25) is 5.02 Å². The quantitative estimate of drug-likeness (QED) is 0.876. The minimum Gasteiger partial charge on any atom is -0.381 e. The van der Waals surface area contributed by atoms with Crippen LogP contribution in [0.3, 0.4) is 0 Å². The first-order valence-corrected chi connectivity index (χ1v) is 7.07. The van der Waals surface area contributed by atoms with Gasteiger partial charge in [0.05, 0.1) is 16.3 Å². The molecule has 0 bridgehead atoms. The normalized spacial score (nSPS) is 28.1. The van der Waals surface area contributed by atoms with E-state index in [1.807, 2.05) is 6.07 Å². The van der Waals surface area contributed by atoms with Gasteiger partial charge < -0.3 is 10.1 Å². The Morgan fingerprint density at radius 3 is 2.94 bits per heavy atom. The predicted molar refractivity (Wildman–Crippen MR) is 77.5 cm³/mol. The van der Waals surface area contributed by atoms with Crippen molar-refractivity contribution in [3.8, 4) is 0 Å². The zero-order chi connectivity index (χ0) is 13.2. The number of hydrogen-bond acceptors (Lipinski definition) is 2. The van der Waals surface area contributed by atoms with Crippen LogP contribution in [0, 0.1) is 6.92 Å². The smallest absolute Gasteiger partial charge is 0.0671 e. The number of halogens is 1. The summed E-state index contributed by atoms with van der Waals surface area (Å²) in [6.45, 7) is 7.25. The monoisotopic (exact) mass is 267 g/mol. The highest BCUT2D eigenvalue weighted by atomic mass is 35.5. The van der Waals surface area contributed by atoms with Gasteiger partial charge in [-0.05, 0) is 50.8 Å². The largest absolute Gasteiger partial charge is 0.381 e. The first-order chi connectivity index (χ1) is 8.52. The van der Waals surface area contributed by atoms with E-state index in [4.69, 9.17) is 16.3 Å². The first-order valence-electron chi connectivity index (χ1n) is 6.69. The van der Waals surface area contributed by atoms with Gasteiger partial charge in [0.15, 0.2) is 0 Å². The van der Waals surface area contributed by atoms with Gasteiger partial charge >= 0.3 is 0 Å². The lowest BCUT2D eigenvalue weighted by Gasteiger charge is -2.38. The average Bonchev–Trinajstić information content (AvgIpc) is 2.33. The molecule has 0 radical (unpaired) electrons. The molecule has 1 aliphatic heterocycles. The van der Waals surface area contributed by atoms with Crippen molar-refractivity contribution in [2.45, 2.75) is 51.7 Å². The number of hydrogen-bond donors (Lipinski definition) is 1. The summed E-state index contributed by atoms with van der Waals surface area (Å²) in [5.41, 5.74) is 2.23. The molecule has 1 N–H and O–H groups in total. The molecule has 0 aliphatic carbocycles. The third-order valence-electron chi connectivity index (χ3n) is 3.83. The Hall–Kier alpha value is -0.730. The highest BCUT2D eigenvalue weighted by Crippen LogP contribution is 2.31. The molecule has 3 heteroatoms. The van der Waals surface area contributed by atoms with Crippen molar-refractivity contribution in [2.75, 3.05) is 11.9 Å². The molecule has 2 atom stereocenters. The molecule has 1 fully saturated rings. The molecule has 0 spiro atoms. The molecule has 0 saturated carbocycles. The Bertz CT molecular complexity index is 421. The SMILES string of the molecule is CCC1(C)CC(Nc2ccc(C)cc2Cl)CCO1. The third-order valence-corrected chi connectivity index (χ3v) is 4.14. The number of anilines is 1. The van der Waals surface area contributed by atoms with Crippen LogP contribution in [0.5, 0.6) is 0 Å². The van der Waals surface area contributed by atoms with Crippen LogP contribution in [0.4, 0.5) is 5.69 Å². The van der Waals surface area contributed by atoms with E-state index in [9.17, 15) is 0 Å². The summed E-state index contributed by atoms with van der Waals surface area (Å²) < 4.78 is 5.86. The lowest BCUT2D eigenvalue weighted by molar-refractivity contribution is -0.0708. The molecule has 100 valence electrons. The van der Waals surface area contributed by atoms with Gasteiger partial charge in [-0.25, -0.2) is 0 Å². The molecule has 1 aromatic carbocycles. The van der Waals surface area contributed by atoms with Gasteiger partial charge in [-0.15, -0.1) is 0 Å². The second-order valence-electron chi connectivity index (χ2n) is 5.47. The predicted octanol–water partition coefficient (Wildman–Crippen LogP) is 4.41. The van der Waals surface area contributed by atoms with Crippen molar-refractivity contribution < 1.29 is 4.74 Å². The van der Waals surface area contributed by atoms with E-state index in [0.29, 0.717) is 6.04 Å². The maximum Gasteiger partial charge on any atom is 0.0671 e. The lowest BCUT2D eigenvalue weighted by atomic mass is 9.90. The molecule has 1 aliphatic rings. The lowest BCUT2D eigenvalue weighted by Crippen LogP contribution is -2.41. The van der Waals surface area contributed by atoms with Gasteiger partial charge in [-0.2, -0.15) is 0 Å². The molecule has 0 aromatic heterocycles. The number of rotatable bonds is 3. The van der Waals surface area contributed by atoms with Crippen molar-refractivity contribution in [3.63, 3.8) is 0 Å². The fraction of sp³-hybridized carbons (Fsp3) is 0.600. The number of benzene rings is 1. The zero-order valence-corrected chi connectivity index (χ0v) is 12.2. The van der Waals surface area contributed by atoms with Gasteiger partial charge in [-0.1, -0.05) is 24.6 Å². The van der Waals surface area contributed by atoms with Crippen LogP contribution in [-0.4, -0.2) is 18.2 Å². The Morgan fingerprint density at radius 1 is 1.50 bits per heavy atom. The number of aryl methyl sites for hydroxylation is 1. The highest BCUT2D eigenvalue weighted by Gasteiger charge is 2.31. The van der Waals surface area contributed by atoms with Gasteiger partial charge in [0.25, 0.3) is 0 Å². The van der Waals surface area contributed by atoms with E-state index < -0.39 is 0 Å². The molecule has 2 nitrogen and oxygen atoms in total. The molecule has 1 aromatic rings. The summed E-state index contributed by atoms with van der Waals surface area (Å²) in [6.07, 6.45) is 3.13. The first kappa shape index (κ1) is 13.7. The minimum absolute atomic E-state index is 0.00703. The molecule has 0 amide bonds. The van der Waals surface area contributed by atoms with Crippen LogP contribution >= 0.6 is 11.6 Å². The van der Waals surface area contributed by atoms with Crippen molar-refractivity contribution in [1.29, 1.82) is 0 Å². The van der Waals surface area contributed by atoms with Gasteiger partial charge in [0.1, 0.15) is 0 Å². The highest BCUT2D eigenvalue weighted by molar-refractivity contribution is 6.33. The van der Waals surface area contributed by atoms with E-state index in [0.717, 1.165) is 36.6 Å². The summed E-state index contributed by atoms with van der Waals surface area (Å²) in [5.74, 6) is 0. The van der Waals surface area contributed by atoms with Crippen LogP contribution in [-0.2, 0) is 4.74 Å². The molecular formula is C15H22ClNO. The maximum atomic E-state index is 6.26. The standard InChI is InChI=1S/C15H22ClNO/c1-4-15(3)10-12(7-8-18-15)17-14-6-5-11(2)9-13(14)16/h5-6,9,12,17H,4,7-8,10H2,1-3H3. The van der Waals surface area contributed by atoms with Crippen molar-refractivity contribution in [1.82, 2.24) is 0 Å². The van der Waals surface area contributed by atoms with Crippen molar-refractivity contribution in [2.24, 2.45) is 0 Å². The molecule has 2 unspecified atom stereocenters.